The van der Waals surface area contributed by atoms with Crippen LogP contribution in [0.3, 0.4) is 0 Å². The molecule has 0 fully saturated rings. The van der Waals surface area contributed by atoms with E-state index in [1.165, 1.54) is 10.4 Å². The minimum absolute atomic E-state index is 0.175. The van der Waals surface area contributed by atoms with E-state index in [0.717, 1.165) is 12.8 Å². The maximum absolute atomic E-state index is 3.51. The summed E-state index contributed by atoms with van der Waals surface area (Å²) in [5.74, 6) is 0. The lowest BCUT2D eigenvalue weighted by molar-refractivity contribution is 0.462. The average Bonchev–Trinajstić information content (AvgIpc) is 2.28. The van der Waals surface area contributed by atoms with Gasteiger partial charge in [-0.2, -0.15) is 0 Å². The third kappa shape index (κ3) is 1.43. The van der Waals surface area contributed by atoms with Gasteiger partial charge in [0.25, 0.3) is 0 Å². The van der Waals surface area contributed by atoms with E-state index in [1.807, 2.05) is 0 Å². The molecule has 0 saturated carbocycles. The van der Waals surface area contributed by atoms with Crippen LogP contribution in [0.25, 0.3) is 12.3 Å². The van der Waals surface area contributed by atoms with Crippen LogP contribution in [-0.4, -0.2) is 5.54 Å². The number of nitrogens with one attached hydrogen (secondary N) is 1. The van der Waals surface area contributed by atoms with Gasteiger partial charge in [-0.25, -0.2) is 0 Å². The van der Waals surface area contributed by atoms with Crippen molar-refractivity contribution in [2.75, 3.05) is 0 Å². The van der Waals surface area contributed by atoms with Gasteiger partial charge in [-0.05, 0) is 23.3 Å². The summed E-state index contributed by atoms with van der Waals surface area (Å²) < 4.78 is 0. The number of hydrogen-bond acceptors (Lipinski definition) is 1. The van der Waals surface area contributed by atoms with Gasteiger partial charge in [-0.3, -0.25) is 0 Å². The molecule has 0 radical (unpaired) electrons. The Labute approximate surface area is 85.2 Å². The second-order valence-electron chi connectivity index (χ2n) is 3.93. The highest BCUT2D eigenvalue weighted by molar-refractivity contribution is 5.46. The molecule has 14 heavy (non-hydrogen) atoms. The van der Waals surface area contributed by atoms with E-state index in [2.05, 4.69) is 55.7 Å². The number of benzene rings is 1. The molecular formula is C13H17N. The van der Waals surface area contributed by atoms with Crippen molar-refractivity contribution < 1.29 is 0 Å². The number of fused-ring (bicyclic) bond motifs is 1. The third-order valence-electron chi connectivity index (χ3n) is 3.20. The van der Waals surface area contributed by atoms with Gasteiger partial charge in [-0.15, -0.1) is 0 Å². The summed E-state index contributed by atoms with van der Waals surface area (Å²) in [7, 11) is 0. The zero-order valence-electron chi connectivity index (χ0n) is 8.88. The molecule has 0 amide bonds. The molecule has 0 aromatic heterocycles. The van der Waals surface area contributed by atoms with Crippen molar-refractivity contribution in [3.05, 3.63) is 34.7 Å². The first-order chi connectivity index (χ1) is 6.79. The SMILES string of the molecule is CCC1(CC)C=c2ccccc2=CN1. The normalized spacial score (nSPS) is 17.3. The molecule has 1 nitrogen and oxygen atoms in total. The van der Waals surface area contributed by atoms with Crippen LogP contribution >= 0.6 is 0 Å². The van der Waals surface area contributed by atoms with Crippen LogP contribution in [0.1, 0.15) is 26.7 Å². The smallest absolute Gasteiger partial charge is 0.0554 e. The van der Waals surface area contributed by atoms with Crippen LogP contribution in [0.4, 0.5) is 0 Å². The van der Waals surface area contributed by atoms with Crippen molar-refractivity contribution in [3.63, 3.8) is 0 Å². The Morgan fingerprint density at radius 2 is 1.71 bits per heavy atom. The first kappa shape index (κ1) is 9.32. The van der Waals surface area contributed by atoms with E-state index < -0.39 is 0 Å². The predicted molar refractivity (Wildman–Crippen MR) is 61.1 cm³/mol. The zero-order valence-corrected chi connectivity index (χ0v) is 8.88. The molecule has 1 aromatic carbocycles. The first-order valence-electron chi connectivity index (χ1n) is 5.35. The molecule has 1 heteroatoms. The molecule has 1 N–H and O–H groups in total. The molecule has 1 aliphatic heterocycles. The molecule has 1 aliphatic rings. The highest BCUT2D eigenvalue weighted by Crippen LogP contribution is 2.17. The quantitative estimate of drug-likeness (QED) is 0.737. The maximum atomic E-state index is 3.51. The highest BCUT2D eigenvalue weighted by atomic mass is 14.9. The van der Waals surface area contributed by atoms with Crippen molar-refractivity contribution >= 4 is 12.3 Å². The summed E-state index contributed by atoms with van der Waals surface area (Å²) in [6.07, 6.45) is 6.77. The topological polar surface area (TPSA) is 12.0 Å². The Hall–Kier alpha value is -1.24. The molecule has 2 rings (SSSR count). The second-order valence-corrected chi connectivity index (χ2v) is 3.93. The summed E-state index contributed by atoms with van der Waals surface area (Å²) in [5, 5.41) is 6.16. The molecule has 0 saturated heterocycles. The molecule has 1 heterocycles. The Balaban J connectivity index is 2.57. The van der Waals surface area contributed by atoms with E-state index in [9.17, 15) is 0 Å². The lowest BCUT2D eigenvalue weighted by Crippen LogP contribution is -2.47. The average molecular weight is 187 g/mol. The van der Waals surface area contributed by atoms with E-state index in [1.54, 1.807) is 0 Å². The highest BCUT2D eigenvalue weighted by Gasteiger charge is 2.22. The van der Waals surface area contributed by atoms with Crippen molar-refractivity contribution in [3.8, 4) is 0 Å². The van der Waals surface area contributed by atoms with Crippen LogP contribution < -0.4 is 15.8 Å². The van der Waals surface area contributed by atoms with Crippen molar-refractivity contribution in [2.24, 2.45) is 0 Å². The number of rotatable bonds is 2. The summed E-state index contributed by atoms with van der Waals surface area (Å²) in [5.41, 5.74) is 0.175. The summed E-state index contributed by atoms with van der Waals surface area (Å²) in [6.45, 7) is 4.46. The molecule has 0 spiro atoms. The molecule has 1 aromatic rings. The van der Waals surface area contributed by atoms with Crippen molar-refractivity contribution in [1.29, 1.82) is 0 Å². The lowest BCUT2D eigenvalue weighted by Gasteiger charge is -2.31. The van der Waals surface area contributed by atoms with Crippen LogP contribution in [0.15, 0.2) is 24.3 Å². The zero-order chi connectivity index (χ0) is 10.0. The van der Waals surface area contributed by atoms with Gasteiger partial charge in [0.15, 0.2) is 0 Å². The number of hydrogen-bond donors (Lipinski definition) is 1. The maximum Gasteiger partial charge on any atom is 0.0554 e. The van der Waals surface area contributed by atoms with E-state index in [4.69, 9.17) is 0 Å². The minimum Gasteiger partial charge on any atom is -0.381 e. The Bertz CT molecular complexity index is 427. The fraction of sp³-hybridized carbons (Fsp3) is 0.385. The largest absolute Gasteiger partial charge is 0.381 e. The van der Waals surface area contributed by atoms with Crippen LogP contribution in [-0.2, 0) is 0 Å². The molecule has 0 unspecified atom stereocenters. The third-order valence-corrected chi connectivity index (χ3v) is 3.20. The van der Waals surface area contributed by atoms with Gasteiger partial charge in [0, 0.05) is 6.20 Å². The minimum atomic E-state index is 0.175. The molecular weight excluding hydrogens is 170 g/mol. The van der Waals surface area contributed by atoms with Gasteiger partial charge < -0.3 is 5.32 Å². The second kappa shape index (κ2) is 3.49. The molecule has 0 atom stereocenters. The Morgan fingerprint density at radius 3 is 2.36 bits per heavy atom. The molecule has 0 bridgehead atoms. The van der Waals surface area contributed by atoms with Crippen LogP contribution in [0.2, 0.25) is 0 Å². The van der Waals surface area contributed by atoms with Gasteiger partial charge in [0.2, 0.25) is 0 Å². The predicted octanol–water partition coefficient (Wildman–Crippen LogP) is 1.37. The molecule has 74 valence electrons. The fourth-order valence-corrected chi connectivity index (χ4v) is 1.99. The van der Waals surface area contributed by atoms with Crippen molar-refractivity contribution in [2.45, 2.75) is 32.2 Å². The van der Waals surface area contributed by atoms with E-state index in [-0.39, 0.29) is 5.54 Å². The van der Waals surface area contributed by atoms with Gasteiger partial charge in [0.1, 0.15) is 0 Å². The summed E-state index contributed by atoms with van der Waals surface area (Å²) in [4.78, 5) is 0. The Morgan fingerprint density at radius 1 is 1.07 bits per heavy atom. The fourth-order valence-electron chi connectivity index (χ4n) is 1.99. The van der Waals surface area contributed by atoms with Crippen molar-refractivity contribution in [1.82, 2.24) is 5.32 Å². The van der Waals surface area contributed by atoms with Crippen LogP contribution in [0.5, 0.6) is 0 Å². The summed E-state index contributed by atoms with van der Waals surface area (Å²) in [6, 6.07) is 8.52. The summed E-state index contributed by atoms with van der Waals surface area (Å²) >= 11 is 0. The standard InChI is InChI=1S/C13H17N/c1-3-13(4-2)9-11-7-5-6-8-12(11)10-14-13/h5-10,14H,3-4H2,1-2H3. The van der Waals surface area contributed by atoms with E-state index >= 15 is 0 Å². The molecule has 0 aliphatic carbocycles. The Kier molecular flexibility index (Phi) is 2.32. The van der Waals surface area contributed by atoms with Crippen LogP contribution in [0, 0.1) is 0 Å². The van der Waals surface area contributed by atoms with Gasteiger partial charge >= 0.3 is 0 Å². The van der Waals surface area contributed by atoms with Gasteiger partial charge in [-0.1, -0.05) is 44.2 Å². The lowest BCUT2D eigenvalue weighted by atomic mass is 9.90. The first-order valence-corrected chi connectivity index (χ1v) is 5.35. The monoisotopic (exact) mass is 187 g/mol. The van der Waals surface area contributed by atoms with E-state index in [0.29, 0.717) is 0 Å². The van der Waals surface area contributed by atoms with Gasteiger partial charge in [0.05, 0.1) is 5.54 Å².